The Bertz CT molecular complexity index is 317. The van der Waals surface area contributed by atoms with Crippen molar-refractivity contribution in [1.29, 1.82) is 0 Å². The lowest BCUT2D eigenvalue weighted by Gasteiger charge is -2.14. The van der Waals surface area contributed by atoms with E-state index in [0.29, 0.717) is 11.0 Å². The second-order valence-corrected chi connectivity index (χ2v) is 4.42. The summed E-state index contributed by atoms with van der Waals surface area (Å²) in [7, 11) is 0. The number of hydrogen-bond acceptors (Lipinski definition) is 3. The highest BCUT2D eigenvalue weighted by Crippen LogP contribution is 2.32. The van der Waals surface area contributed by atoms with Crippen LogP contribution in [-0.2, 0) is 0 Å². The number of rotatable bonds is 5. The van der Waals surface area contributed by atoms with Gasteiger partial charge < -0.3 is 16.6 Å². The van der Waals surface area contributed by atoms with Gasteiger partial charge in [-0.2, -0.15) is 0 Å². The maximum Gasteiger partial charge on any atom is 0.134 e. The molecular formula is C11H17BrN2O. The number of benzene rings is 1. The van der Waals surface area contributed by atoms with Crippen molar-refractivity contribution >= 4 is 15.9 Å². The maximum atomic E-state index is 9.77. The molecule has 0 radical (unpaired) electrons. The molecule has 3 nitrogen and oxygen atoms in total. The molecule has 0 aliphatic rings. The van der Waals surface area contributed by atoms with E-state index in [0.717, 1.165) is 24.8 Å². The summed E-state index contributed by atoms with van der Waals surface area (Å²) in [4.78, 5) is 0. The lowest BCUT2D eigenvalue weighted by molar-refractivity contribution is 0.453. The van der Waals surface area contributed by atoms with Crippen LogP contribution in [0.3, 0.4) is 0 Å². The van der Waals surface area contributed by atoms with E-state index < -0.39 is 0 Å². The molecule has 0 amide bonds. The number of halogens is 1. The minimum Gasteiger partial charge on any atom is -0.506 e. The molecular weight excluding hydrogens is 256 g/mol. The van der Waals surface area contributed by atoms with Crippen molar-refractivity contribution < 1.29 is 5.11 Å². The van der Waals surface area contributed by atoms with E-state index in [4.69, 9.17) is 11.5 Å². The van der Waals surface area contributed by atoms with E-state index in [1.165, 1.54) is 0 Å². The van der Waals surface area contributed by atoms with Crippen molar-refractivity contribution in [3.05, 3.63) is 28.2 Å². The molecule has 1 atom stereocenters. The molecule has 0 heterocycles. The number of phenolic OH excluding ortho intramolecular Hbond substituents is 1. The smallest absolute Gasteiger partial charge is 0.134 e. The molecule has 0 unspecified atom stereocenters. The van der Waals surface area contributed by atoms with Crippen molar-refractivity contribution in [3.63, 3.8) is 0 Å². The maximum absolute atomic E-state index is 9.77. The van der Waals surface area contributed by atoms with Crippen LogP contribution in [0.2, 0.25) is 0 Å². The van der Waals surface area contributed by atoms with Crippen molar-refractivity contribution in [3.8, 4) is 5.75 Å². The molecule has 0 saturated heterocycles. The van der Waals surface area contributed by atoms with Gasteiger partial charge in [-0.1, -0.05) is 18.6 Å². The average molecular weight is 273 g/mol. The SMILES string of the molecule is NCCCC[C@H](N)c1cccc(Br)c1O. The van der Waals surface area contributed by atoms with Crippen LogP contribution < -0.4 is 11.5 Å². The number of phenols is 1. The normalized spacial score (nSPS) is 12.7. The van der Waals surface area contributed by atoms with E-state index in [-0.39, 0.29) is 11.8 Å². The van der Waals surface area contributed by atoms with Crippen molar-refractivity contribution in [1.82, 2.24) is 0 Å². The fraction of sp³-hybridized carbons (Fsp3) is 0.455. The summed E-state index contributed by atoms with van der Waals surface area (Å²) < 4.78 is 0.689. The van der Waals surface area contributed by atoms with E-state index in [1.807, 2.05) is 12.1 Å². The van der Waals surface area contributed by atoms with Gasteiger partial charge in [-0.25, -0.2) is 0 Å². The first-order chi connectivity index (χ1) is 7.16. The van der Waals surface area contributed by atoms with Crippen LogP contribution in [0.4, 0.5) is 0 Å². The zero-order valence-electron chi connectivity index (χ0n) is 8.62. The third-order valence-electron chi connectivity index (χ3n) is 2.39. The number of hydrogen-bond donors (Lipinski definition) is 3. The Hall–Kier alpha value is -0.580. The molecule has 1 aromatic carbocycles. The highest BCUT2D eigenvalue weighted by molar-refractivity contribution is 9.10. The van der Waals surface area contributed by atoms with Gasteiger partial charge in [0.1, 0.15) is 5.75 Å². The highest BCUT2D eigenvalue weighted by atomic mass is 79.9. The number of nitrogens with two attached hydrogens (primary N) is 2. The Morgan fingerprint density at radius 2 is 2.07 bits per heavy atom. The minimum atomic E-state index is -0.117. The summed E-state index contributed by atoms with van der Waals surface area (Å²) in [5, 5.41) is 9.77. The summed E-state index contributed by atoms with van der Waals surface area (Å²) >= 11 is 3.27. The number of para-hydroxylation sites is 1. The van der Waals surface area contributed by atoms with Crippen LogP contribution in [-0.4, -0.2) is 11.7 Å². The van der Waals surface area contributed by atoms with E-state index in [9.17, 15) is 5.11 Å². The molecule has 0 saturated carbocycles. The quantitative estimate of drug-likeness (QED) is 0.721. The fourth-order valence-electron chi connectivity index (χ4n) is 1.50. The summed E-state index contributed by atoms with van der Waals surface area (Å²) in [6, 6.07) is 5.41. The first-order valence-corrected chi connectivity index (χ1v) is 5.89. The molecule has 1 aromatic rings. The number of aromatic hydroxyl groups is 1. The molecule has 0 bridgehead atoms. The molecule has 0 aromatic heterocycles. The van der Waals surface area contributed by atoms with Crippen molar-refractivity contribution in [2.45, 2.75) is 25.3 Å². The predicted molar refractivity (Wildman–Crippen MR) is 65.6 cm³/mol. The molecule has 15 heavy (non-hydrogen) atoms. The van der Waals surface area contributed by atoms with Crippen molar-refractivity contribution in [2.24, 2.45) is 11.5 Å². The minimum absolute atomic E-state index is 0.117. The predicted octanol–water partition coefficient (Wildman–Crippen LogP) is 2.28. The molecule has 0 spiro atoms. The van der Waals surface area contributed by atoms with Gasteiger partial charge >= 0.3 is 0 Å². The zero-order valence-corrected chi connectivity index (χ0v) is 10.2. The molecule has 4 heteroatoms. The third kappa shape index (κ3) is 3.48. The fourth-order valence-corrected chi connectivity index (χ4v) is 1.88. The van der Waals surface area contributed by atoms with Gasteiger partial charge in [-0.15, -0.1) is 0 Å². The Morgan fingerprint density at radius 1 is 1.33 bits per heavy atom. The van der Waals surface area contributed by atoms with E-state index in [2.05, 4.69) is 15.9 Å². The van der Waals surface area contributed by atoms with Gasteiger partial charge in [0.05, 0.1) is 4.47 Å². The van der Waals surface area contributed by atoms with Gasteiger partial charge in [0, 0.05) is 11.6 Å². The van der Waals surface area contributed by atoms with Crippen LogP contribution in [0, 0.1) is 0 Å². The van der Waals surface area contributed by atoms with Crippen LogP contribution >= 0.6 is 15.9 Å². The average Bonchev–Trinajstić information content (AvgIpc) is 2.22. The van der Waals surface area contributed by atoms with Crippen LogP contribution in [0.25, 0.3) is 0 Å². The molecule has 1 rings (SSSR count). The Labute approximate surface area is 98.6 Å². The number of unbranched alkanes of at least 4 members (excludes halogenated alkanes) is 1. The van der Waals surface area contributed by atoms with E-state index in [1.54, 1.807) is 6.07 Å². The van der Waals surface area contributed by atoms with E-state index >= 15 is 0 Å². The zero-order chi connectivity index (χ0) is 11.3. The largest absolute Gasteiger partial charge is 0.506 e. The monoisotopic (exact) mass is 272 g/mol. The summed E-state index contributed by atoms with van der Waals surface area (Å²) in [6.07, 6.45) is 2.81. The third-order valence-corrected chi connectivity index (χ3v) is 3.03. The summed E-state index contributed by atoms with van der Waals surface area (Å²) in [6.45, 7) is 0.692. The first kappa shape index (κ1) is 12.5. The Morgan fingerprint density at radius 3 is 2.73 bits per heavy atom. The van der Waals surface area contributed by atoms with Crippen LogP contribution in [0.1, 0.15) is 30.9 Å². The lowest BCUT2D eigenvalue weighted by atomic mass is 10.0. The molecule has 0 aliphatic heterocycles. The van der Waals surface area contributed by atoms with Gasteiger partial charge in [-0.3, -0.25) is 0 Å². The lowest BCUT2D eigenvalue weighted by Crippen LogP contribution is -2.11. The summed E-state index contributed by atoms with van der Waals surface area (Å²) in [5.41, 5.74) is 12.2. The molecule has 0 aliphatic carbocycles. The highest BCUT2D eigenvalue weighted by Gasteiger charge is 2.11. The second-order valence-electron chi connectivity index (χ2n) is 3.57. The molecule has 0 fully saturated rings. The Kier molecular flexibility index (Phi) is 5.08. The standard InChI is InChI=1S/C11H17BrN2O/c12-9-5-3-4-8(11(9)15)10(14)6-1-2-7-13/h3-5,10,15H,1-2,6-7,13-14H2/t10-/m0/s1. The first-order valence-electron chi connectivity index (χ1n) is 5.10. The second kappa shape index (κ2) is 6.10. The van der Waals surface area contributed by atoms with Gasteiger partial charge in [0.15, 0.2) is 0 Å². The van der Waals surface area contributed by atoms with Gasteiger partial charge in [-0.05, 0) is 41.4 Å². The summed E-state index contributed by atoms with van der Waals surface area (Å²) in [5.74, 6) is 0.248. The molecule has 84 valence electrons. The Balaban J connectivity index is 2.65. The van der Waals surface area contributed by atoms with Crippen LogP contribution in [0.5, 0.6) is 5.75 Å². The van der Waals surface area contributed by atoms with Gasteiger partial charge in [0.25, 0.3) is 0 Å². The van der Waals surface area contributed by atoms with Crippen LogP contribution in [0.15, 0.2) is 22.7 Å². The van der Waals surface area contributed by atoms with Crippen molar-refractivity contribution in [2.75, 3.05) is 6.54 Å². The molecule has 5 N–H and O–H groups in total. The van der Waals surface area contributed by atoms with Gasteiger partial charge in [0.2, 0.25) is 0 Å². The topological polar surface area (TPSA) is 72.3 Å².